The van der Waals surface area contributed by atoms with Crippen LogP contribution in [0.5, 0.6) is 5.75 Å². The normalized spacial score (nSPS) is 11.0. The number of phenolic OH excluding ortho intramolecular Hbond substituents is 1. The standard InChI is InChI=1S/C17H18N2O2/c1-12(2)14-8-6-13(7-9-14)11-18-19-17(21)15-4-3-5-16(20)10-15/h3-12,20H,1-2H3,(H,19,21)/b18-11+. The number of phenols is 1. The van der Waals surface area contributed by atoms with Gasteiger partial charge in [-0.05, 0) is 35.2 Å². The van der Waals surface area contributed by atoms with Gasteiger partial charge in [0.2, 0.25) is 0 Å². The fraction of sp³-hybridized carbons (Fsp3) is 0.176. The Balaban J connectivity index is 1.97. The highest BCUT2D eigenvalue weighted by Crippen LogP contribution is 2.14. The molecule has 2 aromatic carbocycles. The summed E-state index contributed by atoms with van der Waals surface area (Å²) >= 11 is 0. The molecule has 4 nitrogen and oxygen atoms in total. The summed E-state index contributed by atoms with van der Waals surface area (Å²) in [4.78, 5) is 11.8. The smallest absolute Gasteiger partial charge is 0.271 e. The van der Waals surface area contributed by atoms with Gasteiger partial charge in [0.05, 0.1) is 6.21 Å². The summed E-state index contributed by atoms with van der Waals surface area (Å²) in [5.74, 6) is 0.179. The lowest BCUT2D eigenvalue weighted by Crippen LogP contribution is -2.17. The molecule has 0 aliphatic heterocycles. The molecule has 0 heterocycles. The highest BCUT2D eigenvalue weighted by atomic mass is 16.3. The van der Waals surface area contributed by atoms with Gasteiger partial charge in [-0.2, -0.15) is 5.10 Å². The number of nitrogens with zero attached hydrogens (tertiary/aromatic N) is 1. The van der Waals surface area contributed by atoms with Gasteiger partial charge in [-0.3, -0.25) is 4.79 Å². The van der Waals surface area contributed by atoms with Crippen molar-refractivity contribution >= 4 is 12.1 Å². The minimum atomic E-state index is -0.360. The monoisotopic (exact) mass is 282 g/mol. The zero-order valence-electron chi connectivity index (χ0n) is 12.1. The molecule has 0 unspecified atom stereocenters. The van der Waals surface area contributed by atoms with Crippen molar-refractivity contribution in [2.24, 2.45) is 5.10 Å². The second kappa shape index (κ2) is 6.70. The molecule has 0 saturated heterocycles. The van der Waals surface area contributed by atoms with Crippen molar-refractivity contribution in [1.82, 2.24) is 5.43 Å². The Hall–Kier alpha value is -2.62. The van der Waals surface area contributed by atoms with Crippen LogP contribution in [0.3, 0.4) is 0 Å². The number of hydrazone groups is 1. The molecule has 0 spiro atoms. The topological polar surface area (TPSA) is 61.7 Å². The van der Waals surface area contributed by atoms with Crippen molar-refractivity contribution < 1.29 is 9.90 Å². The van der Waals surface area contributed by atoms with E-state index in [9.17, 15) is 9.90 Å². The lowest BCUT2D eigenvalue weighted by atomic mass is 10.0. The minimum absolute atomic E-state index is 0.0518. The Kier molecular flexibility index (Phi) is 4.72. The van der Waals surface area contributed by atoms with Crippen LogP contribution in [0.25, 0.3) is 0 Å². The van der Waals surface area contributed by atoms with Gasteiger partial charge in [-0.15, -0.1) is 0 Å². The van der Waals surface area contributed by atoms with E-state index in [2.05, 4.69) is 24.4 Å². The lowest BCUT2D eigenvalue weighted by Gasteiger charge is -2.04. The predicted molar refractivity (Wildman–Crippen MR) is 83.7 cm³/mol. The average molecular weight is 282 g/mol. The van der Waals surface area contributed by atoms with Crippen molar-refractivity contribution in [3.05, 3.63) is 65.2 Å². The summed E-state index contributed by atoms with van der Waals surface area (Å²) in [6, 6.07) is 14.1. The molecule has 2 aromatic rings. The zero-order chi connectivity index (χ0) is 15.2. The maximum atomic E-state index is 11.8. The fourth-order valence-corrected chi connectivity index (χ4v) is 1.84. The maximum Gasteiger partial charge on any atom is 0.271 e. The maximum absolute atomic E-state index is 11.8. The third kappa shape index (κ3) is 4.18. The van der Waals surface area contributed by atoms with E-state index < -0.39 is 0 Å². The third-order valence-electron chi connectivity index (χ3n) is 3.09. The minimum Gasteiger partial charge on any atom is -0.508 e. The van der Waals surface area contributed by atoms with Crippen LogP contribution in [0.15, 0.2) is 53.6 Å². The molecule has 1 amide bonds. The Bertz CT molecular complexity index is 646. The number of carbonyl (C=O) groups excluding carboxylic acids is 1. The first-order chi connectivity index (χ1) is 10.1. The van der Waals surface area contributed by atoms with Crippen molar-refractivity contribution in [3.8, 4) is 5.75 Å². The molecule has 0 aliphatic rings. The summed E-state index contributed by atoms with van der Waals surface area (Å²) in [6.45, 7) is 4.27. The number of carbonyl (C=O) groups is 1. The molecule has 2 N–H and O–H groups in total. The van der Waals surface area contributed by atoms with E-state index in [-0.39, 0.29) is 11.7 Å². The van der Waals surface area contributed by atoms with Crippen LogP contribution < -0.4 is 5.43 Å². The molecular weight excluding hydrogens is 264 g/mol. The molecule has 4 heteroatoms. The lowest BCUT2D eigenvalue weighted by molar-refractivity contribution is 0.0954. The molecule has 0 saturated carbocycles. The summed E-state index contributed by atoms with van der Waals surface area (Å²) in [5, 5.41) is 13.2. The van der Waals surface area contributed by atoms with Crippen LogP contribution in [0.2, 0.25) is 0 Å². The molecule has 0 fully saturated rings. The number of hydrogen-bond acceptors (Lipinski definition) is 3. The second-order valence-electron chi connectivity index (χ2n) is 5.07. The summed E-state index contributed by atoms with van der Waals surface area (Å²) in [6.07, 6.45) is 1.59. The van der Waals surface area contributed by atoms with Gasteiger partial charge in [0.15, 0.2) is 0 Å². The molecule has 108 valence electrons. The second-order valence-corrected chi connectivity index (χ2v) is 5.07. The molecule has 0 bridgehead atoms. The van der Waals surface area contributed by atoms with Crippen LogP contribution in [-0.4, -0.2) is 17.2 Å². The number of amides is 1. The molecule has 0 aliphatic carbocycles. The molecule has 0 aromatic heterocycles. The van der Waals surface area contributed by atoms with Crippen molar-refractivity contribution in [2.45, 2.75) is 19.8 Å². The van der Waals surface area contributed by atoms with E-state index in [4.69, 9.17) is 0 Å². The van der Waals surface area contributed by atoms with Gasteiger partial charge in [-0.1, -0.05) is 44.2 Å². The Morgan fingerprint density at radius 3 is 2.52 bits per heavy atom. The van der Waals surface area contributed by atoms with Gasteiger partial charge in [0, 0.05) is 5.56 Å². The largest absolute Gasteiger partial charge is 0.508 e. The van der Waals surface area contributed by atoms with Crippen molar-refractivity contribution in [1.29, 1.82) is 0 Å². The summed E-state index contributed by atoms with van der Waals surface area (Å²) in [7, 11) is 0. The van der Waals surface area contributed by atoms with E-state index in [0.29, 0.717) is 11.5 Å². The van der Waals surface area contributed by atoms with E-state index >= 15 is 0 Å². The molecule has 2 rings (SSSR count). The first-order valence-corrected chi connectivity index (χ1v) is 6.78. The Morgan fingerprint density at radius 2 is 1.90 bits per heavy atom. The molecule has 0 atom stereocenters. The number of hydrogen-bond donors (Lipinski definition) is 2. The average Bonchev–Trinajstić information content (AvgIpc) is 2.47. The molecule has 21 heavy (non-hydrogen) atoms. The zero-order valence-corrected chi connectivity index (χ0v) is 12.1. The van der Waals surface area contributed by atoms with Gasteiger partial charge < -0.3 is 5.11 Å². The summed E-state index contributed by atoms with van der Waals surface area (Å²) in [5.41, 5.74) is 4.97. The quantitative estimate of drug-likeness (QED) is 0.667. The predicted octanol–water partition coefficient (Wildman–Crippen LogP) is 3.28. The first kappa shape index (κ1) is 14.8. The number of aromatic hydroxyl groups is 1. The van der Waals surface area contributed by atoms with E-state index in [0.717, 1.165) is 5.56 Å². The van der Waals surface area contributed by atoms with Gasteiger partial charge in [0.1, 0.15) is 5.75 Å². The third-order valence-corrected chi connectivity index (χ3v) is 3.09. The van der Waals surface area contributed by atoms with Crippen molar-refractivity contribution in [3.63, 3.8) is 0 Å². The van der Waals surface area contributed by atoms with Crippen LogP contribution in [0, 0.1) is 0 Å². The molecular formula is C17H18N2O2. The summed E-state index contributed by atoms with van der Waals surface area (Å²) < 4.78 is 0. The van der Waals surface area contributed by atoms with Crippen LogP contribution in [-0.2, 0) is 0 Å². The SMILES string of the molecule is CC(C)c1ccc(/C=N/NC(=O)c2cccc(O)c2)cc1. The van der Waals surface area contributed by atoms with E-state index in [1.165, 1.54) is 17.7 Å². The number of nitrogens with one attached hydrogen (secondary N) is 1. The van der Waals surface area contributed by atoms with Gasteiger partial charge >= 0.3 is 0 Å². The Morgan fingerprint density at radius 1 is 1.19 bits per heavy atom. The van der Waals surface area contributed by atoms with Crippen LogP contribution in [0.4, 0.5) is 0 Å². The van der Waals surface area contributed by atoms with Crippen LogP contribution in [0.1, 0.15) is 41.3 Å². The van der Waals surface area contributed by atoms with Crippen molar-refractivity contribution in [2.75, 3.05) is 0 Å². The number of benzene rings is 2. The fourth-order valence-electron chi connectivity index (χ4n) is 1.84. The van der Waals surface area contributed by atoms with E-state index in [1.807, 2.05) is 24.3 Å². The Labute approximate surface area is 124 Å². The highest BCUT2D eigenvalue weighted by Gasteiger charge is 2.04. The van der Waals surface area contributed by atoms with Crippen LogP contribution >= 0.6 is 0 Å². The van der Waals surface area contributed by atoms with E-state index in [1.54, 1.807) is 18.3 Å². The highest BCUT2D eigenvalue weighted by molar-refractivity contribution is 5.95. The number of rotatable bonds is 4. The van der Waals surface area contributed by atoms with Gasteiger partial charge in [0.25, 0.3) is 5.91 Å². The van der Waals surface area contributed by atoms with Gasteiger partial charge in [-0.25, -0.2) is 5.43 Å². The molecule has 0 radical (unpaired) electrons. The first-order valence-electron chi connectivity index (χ1n) is 6.78.